The topological polar surface area (TPSA) is 217 Å². The van der Waals surface area contributed by atoms with Crippen LogP contribution in [0.25, 0.3) is 0 Å². The smallest absolute Gasteiger partial charge is 0.311 e. The predicted octanol–water partition coefficient (Wildman–Crippen LogP) is 1.96. The molecule has 0 aliphatic carbocycles. The van der Waals surface area contributed by atoms with Crippen LogP contribution in [0.1, 0.15) is 94.4 Å². The largest absolute Gasteiger partial charge is 0.459 e. The van der Waals surface area contributed by atoms with Gasteiger partial charge in [0.15, 0.2) is 12.6 Å². The predicted molar refractivity (Wildman–Crippen MR) is 208 cm³/mol. The lowest BCUT2D eigenvalue weighted by Crippen LogP contribution is -2.59. The summed E-state index contributed by atoms with van der Waals surface area (Å²) in [5.74, 6) is -3.25. The Labute approximate surface area is 339 Å². The van der Waals surface area contributed by atoms with E-state index in [1.54, 1.807) is 48.7 Å². The molecule has 3 aliphatic rings. The minimum absolute atomic E-state index is 0.0211. The Balaban J connectivity index is 2.17. The monoisotopic (exact) mass is 823 g/mol. The van der Waals surface area contributed by atoms with Crippen molar-refractivity contribution < 1.29 is 73.1 Å². The van der Waals surface area contributed by atoms with Crippen molar-refractivity contribution in [3.8, 4) is 0 Å². The van der Waals surface area contributed by atoms with Crippen molar-refractivity contribution in [1.29, 1.82) is 0 Å². The van der Waals surface area contributed by atoms with E-state index in [0.717, 1.165) is 0 Å². The van der Waals surface area contributed by atoms with Gasteiger partial charge in [0.1, 0.15) is 23.9 Å². The average Bonchev–Trinajstić information content (AvgIpc) is 3.14. The third-order valence-corrected chi connectivity index (χ3v) is 12.2. The number of ether oxygens (including phenoxy) is 8. The number of hydrogen-bond donors (Lipinski definition) is 5. The molecular formula is C40H74N2O15. The van der Waals surface area contributed by atoms with Gasteiger partial charge in [0.25, 0.3) is 0 Å². The second kappa shape index (κ2) is 21.3. The maximum Gasteiger partial charge on any atom is 0.311 e. The number of aliphatic hydroxyl groups is 5. The Hall–Kier alpha value is -1.58. The molecule has 3 fully saturated rings. The van der Waals surface area contributed by atoms with Gasteiger partial charge in [0.2, 0.25) is 6.79 Å². The number of oxime groups is 1. The van der Waals surface area contributed by atoms with E-state index in [9.17, 15) is 30.3 Å². The summed E-state index contributed by atoms with van der Waals surface area (Å²) in [6.07, 6.45) is -9.44. The zero-order valence-corrected chi connectivity index (χ0v) is 36.5. The van der Waals surface area contributed by atoms with E-state index in [-0.39, 0.29) is 51.2 Å². The van der Waals surface area contributed by atoms with E-state index in [0.29, 0.717) is 18.7 Å². The Morgan fingerprint density at radius 3 is 2.16 bits per heavy atom. The highest BCUT2D eigenvalue weighted by molar-refractivity contribution is 5.88. The second-order valence-corrected chi connectivity index (χ2v) is 17.3. The molecule has 0 bridgehead atoms. The molecule has 3 heterocycles. The summed E-state index contributed by atoms with van der Waals surface area (Å²) in [6.45, 7) is 15.5. The van der Waals surface area contributed by atoms with Crippen molar-refractivity contribution in [3.63, 3.8) is 0 Å². The first-order valence-electron chi connectivity index (χ1n) is 20.3. The molecule has 0 aromatic heterocycles. The van der Waals surface area contributed by atoms with Crippen LogP contribution in [0.5, 0.6) is 0 Å². The molecule has 334 valence electrons. The molecule has 0 unspecified atom stereocenters. The molecular weight excluding hydrogens is 748 g/mol. The normalized spacial score (nSPS) is 45.1. The summed E-state index contributed by atoms with van der Waals surface area (Å²) in [5.41, 5.74) is -4.44. The molecule has 3 rings (SSSR count). The molecule has 3 aliphatic heterocycles. The van der Waals surface area contributed by atoms with Gasteiger partial charge in [-0.1, -0.05) is 25.9 Å². The number of hydrogen-bond acceptors (Lipinski definition) is 17. The maximum absolute atomic E-state index is 14.2. The average molecular weight is 823 g/mol. The number of cyclic esters (lactones) is 1. The molecule has 0 aromatic carbocycles. The minimum Gasteiger partial charge on any atom is -0.459 e. The lowest BCUT2D eigenvalue weighted by Gasteiger charge is -2.47. The highest BCUT2D eigenvalue weighted by Crippen LogP contribution is 2.39. The number of esters is 1. The fourth-order valence-corrected chi connectivity index (χ4v) is 8.34. The Kier molecular flexibility index (Phi) is 18.6. The number of methoxy groups -OCH3 is 2. The summed E-state index contributed by atoms with van der Waals surface area (Å²) in [6, 6.07) is -0.319. The Bertz CT molecular complexity index is 1270. The van der Waals surface area contributed by atoms with Crippen LogP contribution in [-0.2, 0) is 47.5 Å². The van der Waals surface area contributed by atoms with Gasteiger partial charge in [-0.2, -0.15) is 0 Å². The first-order valence-corrected chi connectivity index (χ1v) is 20.3. The van der Waals surface area contributed by atoms with Gasteiger partial charge in [-0.15, -0.1) is 0 Å². The van der Waals surface area contributed by atoms with Crippen LogP contribution in [0.2, 0.25) is 0 Å². The molecule has 0 spiro atoms. The third kappa shape index (κ3) is 12.5. The van der Waals surface area contributed by atoms with Crippen molar-refractivity contribution in [2.45, 2.75) is 179 Å². The number of aliphatic hydroxyl groups excluding tert-OH is 3. The van der Waals surface area contributed by atoms with E-state index in [1.807, 2.05) is 32.8 Å². The van der Waals surface area contributed by atoms with Crippen LogP contribution in [0, 0.1) is 17.8 Å². The first-order chi connectivity index (χ1) is 26.5. The van der Waals surface area contributed by atoms with Gasteiger partial charge in [0.05, 0.1) is 66.6 Å². The standard InChI is InChI=1S/C40H74N2O15/c1-14-29-40(9,48)34(44)25(5)32(41-52-21-51-16-15-49-12)22(2)19-38(7,47)30(57-37-33(43)27(42(10)11)17-23(3)53-37)18-28(24(4)36(46)56-29)55-31-20-39(8,50-13)35(45)26(6)54-31/h22-31,33-35,37,43-45,47-48H,14-21H2,1-13H3/b41-32+/t22-,23-,24-,25+,26+,27+,28+,29-,30-,31+,33-,34-,35+,37+,38-,39-,40-/m1/s1. The maximum atomic E-state index is 14.2. The molecule has 0 aromatic rings. The zero-order chi connectivity index (χ0) is 43.0. The van der Waals surface area contributed by atoms with E-state index >= 15 is 0 Å². The summed E-state index contributed by atoms with van der Waals surface area (Å²) < 4.78 is 47.7. The molecule has 5 N–H and O–H groups in total. The summed E-state index contributed by atoms with van der Waals surface area (Å²) in [4.78, 5) is 21.6. The molecule has 17 atom stereocenters. The van der Waals surface area contributed by atoms with Crippen LogP contribution >= 0.6 is 0 Å². The SMILES string of the molecule is CC[C@H]1OC(=O)[C@H](C)[C@@H](O[C@H]2C[C@@](C)(OC)[C@@H](O)[C@H](C)O2)C[C@@H](O[C@@H]2O[C@H](C)C[C@H](N(C)C)[C@H]2O)[C@](C)(O)C[C@@H](C)/C(=N\OCOCCOC)[C@H](C)[C@@H](O)[C@]1(C)O. The van der Waals surface area contributed by atoms with E-state index in [4.69, 9.17) is 42.7 Å². The van der Waals surface area contributed by atoms with Crippen molar-refractivity contribution in [2.24, 2.45) is 22.9 Å². The third-order valence-electron chi connectivity index (χ3n) is 12.2. The molecule has 0 amide bonds. The van der Waals surface area contributed by atoms with Crippen LogP contribution in [0.15, 0.2) is 5.16 Å². The van der Waals surface area contributed by atoms with Crippen LogP contribution in [-0.4, -0.2) is 175 Å². The zero-order valence-electron chi connectivity index (χ0n) is 36.5. The van der Waals surface area contributed by atoms with Crippen LogP contribution in [0.4, 0.5) is 0 Å². The van der Waals surface area contributed by atoms with Crippen molar-refractivity contribution >= 4 is 11.7 Å². The molecule has 0 saturated carbocycles. The number of rotatable bonds is 13. The van der Waals surface area contributed by atoms with Crippen molar-refractivity contribution in [1.82, 2.24) is 4.90 Å². The van der Waals surface area contributed by atoms with Crippen LogP contribution in [0.3, 0.4) is 0 Å². The van der Waals surface area contributed by atoms with Crippen molar-refractivity contribution in [2.75, 3.05) is 48.3 Å². The van der Waals surface area contributed by atoms with Gasteiger partial charge in [-0.3, -0.25) is 4.79 Å². The van der Waals surface area contributed by atoms with Crippen molar-refractivity contribution in [3.05, 3.63) is 0 Å². The summed E-state index contributed by atoms with van der Waals surface area (Å²) in [5, 5.41) is 63.1. The van der Waals surface area contributed by atoms with E-state index in [2.05, 4.69) is 5.16 Å². The van der Waals surface area contributed by atoms with E-state index in [1.165, 1.54) is 14.0 Å². The van der Waals surface area contributed by atoms with Gasteiger partial charge >= 0.3 is 5.97 Å². The number of carbonyl (C=O) groups excluding carboxylic acids is 1. The lowest BCUT2D eigenvalue weighted by atomic mass is 9.75. The first kappa shape index (κ1) is 49.8. The minimum atomic E-state index is -1.96. The molecule has 3 saturated heterocycles. The van der Waals surface area contributed by atoms with Gasteiger partial charge in [-0.05, 0) is 74.9 Å². The molecule has 57 heavy (non-hydrogen) atoms. The number of carbonyl (C=O) groups is 1. The van der Waals surface area contributed by atoms with Gasteiger partial charge in [-0.25, -0.2) is 0 Å². The summed E-state index contributed by atoms with van der Waals surface area (Å²) in [7, 11) is 6.75. The second-order valence-electron chi connectivity index (χ2n) is 17.3. The van der Waals surface area contributed by atoms with Crippen LogP contribution < -0.4 is 0 Å². The molecule has 17 heteroatoms. The van der Waals surface area contributed by atoms with E-state index < -0.39 is 95.8 Å². The number of nitrogens with zero attached hydrogens (tertiary/aromatic N) is 2. The fourth-order valence-electron chi connectivity index (χ4n) is 8.34. The summed E-state index contributed by atoms with van der Waals surface area (Å²) >= 11 is 0. The highest BCUT2D eigenvalue weighted by Gasteiger charge is 2.51. The highest BCUT2D eigenvalue weighted by atomic mass is 16.7. The quantitative estimate of drug-likeness (QED) is 0.0777. The molecule has 17 nitrogen and oxygen atoms in total. The Morgan fingerprint density at radius 2 is 1.56 bits per heavy atom. The lowest BCUT2D eigenvalue weighted by molar-refractivity contribution is -0.307. The Morgan fingerprint density at radius 1 is 0.895 bits per heavy atom. The number of likely N-dealkylation sites (N-methyl/N-ethyl adjacent to an activating group) is 1. The fraction of sp³-hybridized carbons (Fsp3) is 0.950. The van der Waals surface area contributed by atoms with Gasteiger partial charge in [0, 0.05) is 44.9 Å². The molecule has 0 radical (unpaired) electrons. The van der Waals surface area contributed by atoms with Gasteiger partial charge < -0.3 is 73.2 Å².